The molecule has 0 saturated carbocycles. The summed E-state index contributed by atoms with van der Waals surface area (Å²) in [7, 11) is 0. The summed E-state index contributed by atoms with van der Waals surface area (Å²) in [5, 5.41) is 16.8. The van der Waals surface area contributed by atoms with Crippen LogP contribution >= 0.6 is 27.9 Å². The van der Waals surface area contributed by atoms with Gasteiger partial charge in [0.25, 0.3) is 0 Å². The molecule has 0 aliphatic rings. The van der Waals surface area contributed by atoms with Crippen LogP contribution in [0.3, 0.4) is 0 Å². The average molecular weight is 260 g/mol. The van der Waals surface area contributed by atoms with Crippen molar-refractivity contribution in [3.63, 3.8) is 0 Å². The topological polar surface area (TPSA) is 77.8 Å². The zero-order valence-corrected chi connectivity index (χ0v) is 8.25. The normalized spacial score (nSPS) is 12.9. The maximum atomic E-state index is 10.4. The van der Waals surface area contributed by atoms with E-state index < -0.39 is 18.0 Å². The lowest BCUT2D eigenvalue weighted by Gasteiger charge is -2.13. The molecule has 0 unspecified atom stereocenters. The first-order valence-corrected chi connectivity index (χ1v) is 4.05. The molecular weight excluding hydrogens is 253 g/mol. The predicted octanol–water partition coefficient (Wildman–Crippen LogP) is 1.07. The molecule has 2 N–H and O–H groups in total. The minimum atomic E-state index is -1.16. The number of rotatable bonds is 5. The molecule has 0 saturated heterocycles. The van der Waals surface area contributed by atoms with Gasteiger partial charge in [-0.2, -0.15) is 0 Å². The lowest BCUT2D eigenvalue weighted by molar-refractivity contribution is -0.141. The number of halogens is 2. The van der Waals surface area contributed by atoms with Crippen LogP contribution in [0.5, 0.6) is 0 Å². The summed E-state index contributed by atoms with van der Waals surface area (Å²) < 4.78 is 0.776. The fraction of sp³-hybridized carbons (Fsp3) is 0.600. The van der Waals surface area contributed by atoms with Gasteiger partial charge < -0.3 is 10.2 Å². The maximum absolute atomic E-state index is 10.4. The monoisotopic (exact) mass is 259 g/mol. The summed E-state index contributed by atoms with van der Waals surface area (Å²) in [6, 6.07) is -1.03. The van der Waals surface area contributed by atoms with Gasteiger partial charge >= 0.3 is 11.9 Å². The average Bonchev–Trinajstić information content (AvgIpc) is 1.84. The number of carboxylic acids is 2. The number of nitrogens with zero attached hydrogens (tertiary/aromatic N) is 1. The lowest BCUT2D eigenvalue weighted by Crippen LogP contribution is -2.29. The van der Waals surface area contributed by atoms with Gasteiger partial charge in [0.1, 0.15) is 6.04 Å². The lowest BCUT2D eigenvalue weighted by atomic mass is 10.2. The zero-order chi connectivity index (χ0) is 9.72. The van der Waals surface area contributed by atoms with Crippen LogP contribution in [0.15, 0.2) is 0 Å². The van der Waals surface area contributed by atoms with Gasteiger partial charge in [-0.3, -0.25) is 9.59 Å². The molecule has 0 aromatic rings. The van der Waals surface area contributed by atoms with Crippen LogP contribution in [0.25, 0.3) is 0 Å². The third-order valence-electron chi connectivity index (χ3n) is 1.15. The molecule has 12 heavy (non-hydrogen) atoms. The number of hydrogen-bond donors (Lipinski definition) is 2. The van der Waals surface area contributed by atoms with Gasteiger partial charge in [0.2, 0.25) is 0 Å². The SMILES string of the molecule is O=C(O)CC[C@@H](C(=O)O)N(Cl)Br. The van der Waals surface area contributed by atoms with Crippen molar-refractivity contribution in [3.05, 3.63) is 0 Å². The number of carbonyl (C=O) groups is 2. The number of hydrogen-bond acceptors (Lipinski definition) is 3. The van der Waals surface area contributed by atoms with E-state index in [1.807, 2.05) is 0 Å². The van der Waals surface area contributed by atoms with E-state index in [4.69, 9.17) is 22.0 Å². The number of aliphatic carboxylic acids is 2. The largest absolute Gasteiger partial charge is 0.481 e. The Morgan fingerprint density at radius 2 is 2.00 bits per heavy atom. The summed E-state index contributed by atoms with van der Waals surface area (Å²) in [5.41, 5.74) is 0. The Balaban J connectivity index is 3.97. The third kappa shape index (κ3) is 4.53. The van der Waals surface area contributed by atoms with E-state index in [-0.39, 0.29) is 12.8 Å². The highest BCUT2D eigenvalue weighted by Gasteiger charge is 2.23. The molecule has 1 atom stereocenters. The first kappa shape index (κ1) is 11.7. The van der Waals surface area contributed by atoms with Crippen molar-refractivity contribution >= 4 is 39.9 Å². The first-order chi connectivity index (χ1) is 5.45. The van der Waals surface area contributed by atoms with Gasteiger partial charge in [-0.25, -0.2) is 0 Å². The van der Waals surface area contributed by atoms with Crippen LogP contribution in [0.1, 0.15) is 12.8 Å². The van der Waals surface area contributed by atoms with Gasteiger partial charge in [0, 0.05) is 22.6 Å². The molecule has 0 spiro atoms. The third-order valence-corrected chi connectivity index (χ3v) is 1.88. The van der Waals surface area contributed by atoms with Crippen molar-refractivity contribution in [2.45, 2.75) is 18.9 Å². The molecule has 0 aliphatic carbocycles. The molecule has 0 amide bonds. The Kier molecular flexibility index (Phi) is 5.19. The van der Waals surface area contributed by atoms with Crippen molar-refractivity contribution in [2.75, 3.05) is 0 Å². The quantitative estimate of drug-likeness (QED) is 0.723. The molecule has 0 bridgehead atoms. The molecule has 0 radical (unpaired) electrons. The minimum absolute atomic E-state index is 0.0422. The van der Waals surface area contributed by atoms with Gasteiger partial charge in [0.05, 0.1) is 0 Å². The summed E-state index contributed by atoms with van der Waals surface area (Å²) in [4.78, 5) is 20.5. The summed E-state index contributed by atoms with van der Waals surface area (Å²) in [5.74, 6) is -2.21. The predicted molar refractivity (Wildman–Crippen MR) is 44.9 cm³/mol. The van der Waals surface area contributed by atoms with Crippen molar-refractivity contribution in [1.29, 1.82) is 0 Å². The molecular formula is C5H7BrClNO4. The maximum Gasteiger partial charge on any atom is 0.323 e. The van der Waals surface area contributed by atoms with Crippen molar-refractivity contribution in [3.8, 4) is 0 Å². The van der Waals surface area contributed by atoms with E-state index in [2.05, 4.69) is 16.1 Å². The molecule has 70 valence electrons. The van der Waals surface area contributed by atoms with Crippen molar-refractivity contribution in [1.82, 2.24) is 3.45 Å². The number of carboxylic acid groups (broad SMARTS) is 2. The first-order valence-electron chi connectivity index (χ1n) is 3.00. The van der Waals surface area contributed by atoms with E-state index in [1.54, 1.807) is 0 Å². The Morgan fingerprint density at radius 3 is 2.25 bits per heavy atom. The van der Waals surface area contributed by atoms with Crippen LogP contribution in [-0.2, 0) is 9.59 Å². The molecule has 0 aromatic heterocycles. The molecule has 0 aromatic carbocycles. The fourth-order valence-corrected chi connectivity index (χ4v) is 1.13. The van der Waals surface area contributed by atoms with Crippen LogP contribution in [0, 0.1) is 0 Å². The standard InChI is InChI=1S/C5H7BrClNO4/c6-8(7)3(5(11)12)1-2-4(9)10/h3H,1-2H2,(H,9,10)(H,11,12)/t3-/m0/s1. The molecule has 0 rings (SSSR count). The van der Waals surface area contributed by atoms with Gasteiger partial charge in [0.15, 0.2) is 0 Å². The van der Waals surface area contributed by atoms with E-state index in [0.29, 0.717) is 0 Å². The van der Waals surface area contributed by atoms with Gasteiger partial charge in [-0.1, -0.05) is 0 Å². The smallest absolute Gasteiger partial charge is 0.323 e. The second kappa shape index (κ2) is 5.34. The molecule has 7 heteroatoms. The fourth-order valence-electron chi connectivity index (χ4n) is 0.565. The molecule has 0 fully saturated rings. The Morgan fingerprint density at radius 1 is 1.50 bits per heavy atom. The highest BCUT2D eigenvalue weighted by atomic mass is 79.9. The Bertz CT molecular complexity index is 186. The second-order valence-corrected chi connectivity index (χ2v) is 3.58. The van der Waals surface area contributed by atoms with Crippen LogP contribution in [0.2, 0.25) is 0 Å². The highest BCUT2D eigenvalue weighted by Crippen LogP contribution is 2.14. The van der Waals surface area contributed by atoms with Gasteiger partial charge in [-0.05, 0) is 18.2 Å². The summed E-state index contributed by atoms with van der Waals surface area (Å²) in [6.07, 6.45) is -0.273. The molecule has 5 nitrogen and oxygen atoms in total. The summed E-state index contributed by atoms with van der Waals surface area (Å²) in [6.45, 7) is 0. The Hall–Kier alpha value is -0.330. The molecule has 0 aliphatic heterocycles. The van der Waals surface area contributed by atoms with Crippen molar-refractivity contribution < 1.29 is 19.8 Å². The van der Waals surface area contributed by atoms with E-state index in [9.17, 15) is 9.59 Å². The van der Waals surface area contributed by atoms with Crippen LogP contribution < -0.4 is 0 Å². The Labute approximate surface area is 82.4 Å². The molecule has 0 heterocycles. The van der Waals surface area contributed by atoms with Gasteiger partial charge in [-0.15, -0.1) is 3.45 Å². The zero-order valence-electron chi connectivity index (χ0n) is 5.91. The van der Waals surface area contributed by atoms with Crippen LogP contribution in [-0.4, -0.2) is 31.6 Å². The van der Waals surface area contributed by atoms with E-state index in [0.717, 1.165) is 3.45 Å². The van der Waals surface area contributed by atoms with Crippen LogP contribution in [0.4, 0.5) is 0 Å². The summed E-state index contributed by atoms with van der Waals surface area (Å²) >= 11 is 8.02. The highest BCUT2D eigenvalue weighted by molar-refractivity contribution is 9.08. The van der Waals surface area contributed by atoms with E-state index in [1.165, 1.54) is 0 Å². The minimum Gasteiger partial charge on any atom is -0.481 e. The second-order valence-electron chi connectivity index (χ2n) is 2.05. The van der Waals surface area contributed by atoms with Crippen molar-refractivity contribution in [2.24, 2.45) is 0 Å². The van der Waals surface area contributed by atoms with E-state index >= 15 is 0 Å².